The fourth-order valence-corrected chi connectivity index (χ4v) is 3.41. The van der Waals surface area contributed by atoms with Crippen molar-refractivity contribution in [3.05, 3.63) is 50.8 Å². The van der Waals surface area contributed by atoms with Crippen LogP contribution in [0.5, 0.6) is 0 Å². The van der Waals surface area contributed by atoms with Crippen LogP contribution in [0.4, 0.5) is 5.82 Å². The van der Waals surface area contributed by atoms with Crippen LogP contribution in [0, 0.1) is 6.92 Å². The summed E-state index contributed by atoms with van der Waals surface area (Å²) in [5.74, 6) is 0.00303. The predicted molar refractivity (Wildman–Crippen MR) is 79.7 cm³/mol. The molecule has 0 bridgehead atoms. The van der Waals surface area contributed by atoms with E-state index in [0.717, 1.165) is 0 Å². The first kappa shape index (κ1) is 15.5. The first-order valence-electron chi connectivity index (χ1n) is 5.91. The Morgan fingerprint density at radius 3 is 2.67 bits per heavy atom. The molecule has 0 aliphatic rings. The molecule has 0 saturated carbocycles. The third-order valence-electron chi connectivity index (χ3n) is 2.86. The molecule has 0 saturated heterocycles. The third kappa shape index (κ3) is 3.41. The lowest BCUT2D eigenvalue weighted by Crippen LogP contribution is -2.18. The van der Waals surface area contributed by atoms with Crippen molar-refractivity contribution < 1.29 is 8.42 Å². The Morgan fingerprint density at radius 1 is 1.38 bits per heavy atom. The van der Waals surface area contributed by atoms with Crippen molar-refractivity contribution >= 4 is 27.4 Å². The average molecular weight is 329 g/mol. The first-order chi connectivity index (χ1) is 9.83. The lowest BCUT2D eigenvalue weighted by Gasteiger charge is -2.12. The van der Waals surface area contributed by atoms with Gasteiger partial charge in [0.05, 0.1) is 4.90 Å². The number of nitrogens with two attached hydrogens (primary N) is 1. The number of halogens is 1. The van der Waals surface area contributed by atoms with E-state index in [-0.39, 0.29) is 22.3 Å². The normalized spacial score (nSPS) is 11.4. The topological polar surface area (TPSA) is 118 Å². The lowest BCUT2D eigenvalue weighted by atomic mass is 10.1. The molecule has 0 fully saturated rings. The number of H-pyrrole nitrogens is 1. The van der Waals surface area contributed by atoms with E-state index in [1.165, 1.54) is 18.2 Å². The van der Waals surface area contributed by atoms with Gasteiger partial charge in [0.2, 0.25) is 0 Å². The van der Waals surface area contributed by atoms with E-state index in [1.807, 2.05) is 0 Å². The van der Waals surface area contributed by atoms with Crippen molar-refractivity contribution in [1.29, 1.82) is 0 Å². The van der Waals surface area contributed by atoms with Crippen molar-refractivity contribution in [3.8, 4) is 0 Å². The SMILES string of the molecule is Cc1c(CN)cc(Cl)cc1S(=O)(=O)Nc1ccc(=O)[nH]n1. The molecule has 1 aromatic carbocycles. The van der Waals surface area contributed by atoms with Crippen molar-refractivity contribution in [3.63, 3.8) is 0 Å². The quantitative estimate of drug-likeness (QED) is 0.773. The molecule has 0 aliphatic carbocycles. The highest BCUT2D eigenvalue weighted by Gasteiger charge is 2.20. The molecular weight excluding hydrogens is 316 g/mol. The van der Waals surface area contributed by atoms with Crippen molar-refractivity contribution in [2.45, 2.75) is 18.4 Å². The number of aromatic nitrogens is 2. The van der Waals surface area contributed by atoms with E-state index in [2.05, 4.69) is 14.9 Å². The van der Waals surface area contributed by atoms with Crippen LogP contribution in [0.1, 0.15) is 11.1 Å². The molecule has 1 aromatic heterocycles. The standard InChI is InChI=1S/C12H13ClN4O3S/c1-7-8(6-14)4-9(13)5-10(7)21(19,20)17-11-2-3-12(18)16-15-11/h2-5H,6,14H2,1H3,(H,15,17)(H,16,18). The van der Waals surface area contributed by atoms with Gasteiger partial charge in [0.25, 0.3) is 15.6 Å². The molecule has 2 aromatic rings. The second-order valence-electron chi connectivity index (χ2n) is 4.30. The van der Waals surface area contributed by atoms with Crippen molar-refractivity contribution in [2.24, 2.45) is 5.73 Å². The smallest absolute Gasteiger partial charge is 0.264 e. The van der Waals surface area contributed by atoms with Crippen LogP contribution < -0.4 is 16.0 Å². The van der Waals surface area contributed by atoms with Gasteiger partial charge in [-0.05, 0) is 36.2 Å². The minimum absolute atomic E-state index is 0.00303. The molecule has 21 heavy (non-hydrogen) atoms. The highest BCUT2D eigenvalue weighted by atomic mass is 35.5. The van der Waals surface area contributed by atoms with Gasteiger partial charge in [0.1, 0.15) is 0 Å². The molecule has 112 valence electrons. The summed E-state index contributed by atoms with van der Waals surface area (Å²) in [4.78, 5) is 10.9. The summed E-state index contributed by atoms with van der Waals surface area (Å²) in [7, 11) is -3.89. The summed E-state index contributed by atoms with van der Waals surface area (Å²) in [5, 5.41) is 6.02. The molecule has 0 spiro atoms. The zero-order valence-electron chi connectivity index (χ0n) is 11.1. The van der Waals surface area contributed by atoms with Gasteiger partial charge >= 0.3 is 0 Å². The monoisotopic (exact) mass is 328 g/mol. The molecule has 7 nitrogen and oxygen atoms in total. The second-order valence-corrected chi connectivity index (χ2v) is 6.39. The molecule has 1 heterocycles. The highest BCUT2D eigenvalue weighted by Crippen LogP contribution is 2.25. The summed E-state index contributed by atoms with van der Waals surface area (Å²) in [5.41, 5.74) is 6.30. The van der Waals surface area contributed by atoms with Crippen LogP contribution in [0.3, 0.4) is 0 Å². The molecule has 4 N–H and O–H groups in total. The van der Waals surface area contributed by atoms with Crippen LogP contribution in [-0.2, 0) is 16.6 Å². The number of sulfonamides is 1. The molecule has 0 radical (unpaired) electrons. The van der Waals surface area contributed by atoms with Crippen LogP contribution >= 0.6 is 11.6 Å². The van der Waals surface area contributed by atoms with Gasteiger partial charge in [-0.2, -0.15) is 5.10 Å². The fourth-order valence-electron chi connectivity index (χ4n) is 1.79. The maximum absolute atomic E-state index is 12.4. The number of rotatable bonds is 4. The number of nitrogens with zero attached hydrogens (tertiary/aromatic N) is 1. The summed E-state index contributed by atoms with van der Waals surface area (Å²) in [6.07, 6.45) is 0. The fraction of sp³-hybridized carbons (Fsp3) is 0.167. The number of nitrogens with one attached hydrogen (secondary N) is 2. The number of benzene rings is 1. The Bertz CT molecular complexity index is 812. The molecule has 9 heteroatoms. The minimum Gasteiger partial charge on any atom is -0.326 e. The van der Waals surface area contributed by atoms with Crippen molar-refractivity contribution in [2.75, 3.05) is 4.72 Å². The molecule has 0 atom stereocenters. The summed E-state index contributed by atoms with van der Waals surface area (Å²) in [6.45, 7) is 1.82. The van der Waals surface area contributed by atoms with E-state index in [0.29, 0.717) is 11.1 Å². The summed E-state index contributed by atoms with van der Waals surface area (Å²) < 4.78 is 27.0. The Balaban J connectivity index is 2.47. The summed E-state index contributed by atoms with van der Waals surface area (Å²) in [6, 6.07) is 5.39. The zero-order valence-corrected chi connectivity index (χ0v) is 12.6. The molecule has 2 rings (SSSR count). The maximum Gasteiger partial charge on any atom is 0.264 e. The Kier molecular flexibility index (Phi) is 4.31. The van der Waals surface area contributed by atoms with Crippen LogP contribution in [0.2, 0.25) is 5.02 Å². The van der Waals surface area contributed by atoms with E-state index in [9.17, 15) is 13.2 Å². The zero-order chi connectivity index (χ0) is 15.6. The Morgan fingerprint density at radius 2 is 2.10 bits per heavy atom. The third-order valence-corrected chi connectivity index (χ3v) is 4.56. The maximum atomic E-state index is 12.4. The van der Waals surface area contributed by atoms with Gasteiger partial charge in [-0.3, -0.25) is 9.52 Å². The molecular formula is C12H13ClN4O3S. The van der Waals surface area contributed by atoms with Crippen LogP contribution in [-0.4, -0.2) is 18.6 Å². The Hall–Kier alpha value is -1.90. The first-order valence-corrected chi connectivity index (χ1v) is 7.77. The van der Waals surface area contributed by atoms with Gasteiger partial charge < -0.3 is 5.73 Å². The van der Waals surface area contributed by atoms with Gasteiger partial charge in [0, 0.05) is 17.6 Å². The van der Waals surface area contributed by atoms with Crippen LogP contribution in [0.15, 0.2) is 34.0 Å². The molecule has 0 unspecified atom stereocenters. The average Bonchev–Trinajstić information content (AvgIpc) is 2.43. The number of anilines is 1. The summed E-state index contributed by atoms with van der Waals surface area (Å²) >= 11 is 5.92. The van der Waals surface area contributed by atoms with Crippen molar-refractivity contribution in [1.82, 2.24) is 10.2 Å². The lowest BCUT2D eigenvalue weighted by molar-refractivity contribution is 0.600. The van der Waals surface area contributed by atoms with Gasteiger partial charge in [0.15, 0.2) is 5.82 Å². The molecule has 0 aliphatic heterocycles. The number of hydrogen-bond acceptors (Lipinski definition) is 5. The largest absolute Gasteiger partial charge is 0.326 e. The van der Waals surface area contributed by atoms with E-state index < -0.39 is 15.6 Å². The number of aromatic amines is 1. The van der Waals surface area contributed by atoms with Gasteiger partial charge in [-0.25, -0.2) is 13.5 Å². The van der Waals surface area contributed by atoms with E-state index in [1.54, 1.807) is 13.0 Å². The van der Waals surface area contributed by atoms with E-state index in [4.69, 9.17) is 17.3 Å². The number of hydrogen-bond donors (Lipinski definition) is 3. The van der Waals surface area contributed by atoms with Crippen LogP contribution in [0.25, 0.3) is 0 Å². The van der Waals surface area contributed by atoms with Gasteiger partial charge in [-0.15, -0.1) is 0 Å². The minimum atomic E-state index is -3.89. The second kappa shape index (κ2) is 5.84. The molecule has 0 amide bonds. The predicted octanol–water partition coefficient (Wildman–Crippen LogP) is 0.991. The Labute approximate surface area is 126 Å². The van der Waals surface area contributed by atoms with Gasteiger partial charge in [-0.1, -0.05) is 11.6 Å². The van der Waals surface area contributed by atoms with E-state index >= 15 is 0 Å². The highest BCUT2D eigenvalue weighted by molar-refractivity contribution is 7.92.